The van der Waals surface area contributed by atoms with Gasteiger partial charge in [0.25, 0.3) is 0 Å². The minimum atomic E-state index is -4.50. The van der Waals surface area contributed by atoms with Crippen molar-refractivity contribution in [1.29, 1.82) is 5.41 Å². The SMILES string of the molecule is COC(=O)CC(NCc1ccc(C(F)(F)F)cc1)C(=O)CC(=O)N(CCCC(N)C(=O)O)C(=N)N. The van der Waals surface area contributed by atoms with Gasteiger partial charge in [0.15, 0.2) is 11.7 Å². The van der Waals surface area contributed by atoms with Gasteiger partial charge < -0.3 is 26.6 Å². The van der Waals surface area contributed by atoms with Gasteiger partial charge in [-0.3, -0.25) is 29.5 Å². The highest BCUT2D eigenvalue weighted by atomic mass is 19.4. The molecule has 1 rings (SSSR count). The van der Waals surface area contributed by atoms with E-state index in [1.54, 1.807) is 0 Å². The minimum absolute atomic E-state index is 0.0000103. The highest BCUT2D eigenvalue weighted by Crippen LogP contribution is 2.29. The Balaban J connectivity index is 2.83. The Labute approximate surface area is 199 Å². The third kappa shape index (κ3) is 10.1. The Bertz CT molecular complexity index is 923. The number of nitrogens with one attached hydrogen (secondary N) is 2. The number of amides is 1. The average Bonchev–Trinajstić information content (AvgIpc) is 2.78. The molecule has 194 valence electrons. The summed E-state index contributed by atoms with van der Waals surface area (Å²) in [4.78, 5) is 48.6. The predicted molar refractivity (Wildman–Crippen MR) is 117 cm³/mol. The standard InChI is InChI=1S/C21H28F3N5O6/c1-35-18(32)9-15(28-11-12-4-6-13(7-5-12)21(22,23)24)16(30)10-17(31)29(20(26)27)8-2-3-14(25)19(33)34/h4-7,14-15,28H,2-3,8-11,25H2,1H3,(H3,26,27)(H,33,34). The molecule has 7 N–H and O–H groups in total. The first-order chi connectivity index (χ1) is 16.3. The molecule has 1 aromatic rings. The minimum Gasteiger partial charge on any atom is -0.480 e. The molecule has 0 heterocycles. The maximum absolute atomic E-state index is 12.7. The number of esters is 1. The van der Waals surface area contributed by atoms with Crippen LogP contribution in [0.25, 0.3) is 0 Å². The van der Waals surface area contributed by atoms with Crippen LogP contribution in [0.4, 0.5) is 13.2 Å². The number of carboxylic acids is 1. The first kappa shape index (κ1) is 29.5. The lowest BCUT2D eigenvalue weighted by molar-refractivity contribution is -0.144. The van der Waals surface area contributed by atoms with E-state index in [1.807, 2.05) is 0 Å². The molecule has 35 heavy (non-hydrogen) atoms. The highest BCUT2D eigenvalue weighted by Gasteiger charge is 2.30. The van der Waals surface area contributed by atoms with Crippen LogP contribution in [0.2, 0.25) is 0 Å². The molecule has 0 aliphatic rings. The number of benzene rings is 1. The number of nitrogens with two attached hydrogens (primary N) is 2. The summed E-state index contributed by atoms with van der Waals surface area (Å²) >= 11 is 0. The zero-order valence-electron chi connectivity index (χ0n) is 18.9. The van der Waals surface area contributed by atoms with Crippen molar-refractivity contribution in [2.24, 2.45) is 11.5 Å². The second-order valence-corrected chi connectivity index (χ2v) is 7.57. The van der Waals surface area contributed by atoms with E-state index in [4.69, 9.17) is 22.0 Å². The number of carbonyl (C=O) groups excluding carboxylic acids is 3. The number of nitrogens with zero attached hydrogens (tertiary/aromatic N) is 1. The van der Waals surface area contributed by atoms with Gasteiger partial charge in [-0.15, -0.1) is 0 Å². The van der Waals surface area contributed by atoms with Crippen LogP contribution >= 0.6 is 0 Å². The number of ether oxygens (including phenoxy) is 1. The van der Waals surface area contributed by atoms with E-state index < -0.39 is 66.3 Å². The smallest absolute Gasteiger partial charge is 0.416 e. The van der Waals surface area contributed by atoms with Crippen LogP contribution in [0, 0.1) is 5.41 Å². The Hall–Kier alpha value is -3.52. The van der Waals surface area contributed by atoms with Crippen molar-refractivity contribution >= 4 is 29.6 Å². The summed E-state index contributed by atoms with van der Waals surface area (Å²) in [5.74, 6) is -4.24. The molecule has 0 saturated heterocycles. The molecule has 0 saturated carbocycles. The van der Waals surface area contributed by atoms with Crippen LogP contribution in [0.3, 0.4) is 0 Å². The molecule has 1 aromatic carbocycles. The van der Waals surface area contributed by atoms with Gasteiger partial charge in [-0.2, -0.15) is 13.2 Å². The first-order valence-corrected chi connectivity index (χ1v) is 10.4. The number of Topliss-reactive ketones (excluding diaryl/α,β-unsaturated/α-hetero) is 1. The average molecular weight is 503 g/mol. The van der Waals surface area contributed by atoms with Crippen molar-refractivity contribution in [2.45, 2.75) is 50.5 Å². The van der Waals surface area contributed by atoms with E-state index in [2.05, 4.69) is 10.1 Å². The van der Waals surface area contributed by atoms with Crippen LogP contribution in [-0.4, -0.2) is 65.3 Å². The van der Waals surface area contributed by atoms with E-state index in [1.165, 1.54) is 12.1 Å². The topological polar surface area (TPSA) is 189 Å². The van der Waals surface area contributed by atoms with Crippen molar-refractivity contribution in [1.82, 2.24) is 10.2 Å². The van der Waals surface area contributed by atoms with Crippen LogP contribution in [0.5, 0.6) is 0 Å². The van der Waals surface area contributed by atoms with Gasteiger partial charge in [-0.1, -0.05) is 12.1 Å². The summed E-state index contributed by atoms with van der Waals surface area (Å²) in [6.07, 6.45) is -5.59. The third-order valence-electron chi connectivity index (χ3n) is 4.95. The zero-order chi connectivity index (χ0) is 26.8. The molecular formula is C21H28F3N5O6. The summed E-state index contributed by atoms with van der Waals surface area (Å²) in [5.41, 5.74) is 10.4. The molecule has 0 spiro atoms. The van der Waals surface area contributed by atoms with Gasteiger partial charge in [0, 0.05) is 13.1 Å². The number of guanidine groups is 1. The number of aliphatic carboxylic acids is 1. The molecule has 2 unspecified atom stereocenters. The number of hydrogen-bond acceptors (Lipinski definition) is 8. The van der Waals surface area contributed by atoms with E-state index in [-0.39, 0.29) is 25.9 Å². The van der Waals surface area contributed by atoms with Crippen LogP contribution < -0.4 is 16.8 Å². The molecule has 14 heteroatoms. The molecule has 2 atom stereocenters. The number of alkyl halides is 3. The quantitative estimate of drug-likeness (QED) is 0.111. The molecular weight excluding hydrogens is 475 g/mol. The van der Waals surface area contributed by atoms with Crippen LogP contribution in [-0.2, 0) is 36.6 Å². The normalized spacial score (nSPS) is 12.9. The van der Waals surface area contributed by atoms with Gasteiger partial charge in [-0.05, 0) is 30.5 Å². The van der Waals surface area contributed by atoms with E-state index in [0.29, 0.717) is 5.56 Å². The Morgan fingerprint density at radius 1 is 1.20 bits per heavy atom. The molecule has 1 amide bonds. The van der Waals surface area contributed by atoms with Gasteiger partial charge in [0.2, 0.25) is 5.91 Å². The van der Waals surface area contributed by atoms with E-state index >= 15 is 0 Å². The van der Waals surface area contributed by atoms with Crippen molar-refractivity contribution in [3.8, 4) is 0 Å². The number of ketones is 1. The van der Waals surface area contributed by atoms with Crippen molar-refractivity contribution in [2.75, 3.05) is 13.7 Å². The lowest BCUT2D eigenvalue weighted by atomic mass is 10.0. The van der Waals surface area contributed by atoms with Gasteiger partial charge in [-0.25, -0.2) is 0 Å². The second kappa shape index (κ2) is 13.4. The number of carbonyl (C=O) groups is 4. The van der Waals surface area contributed by atoms with Crippen molar-refractivity contribution in [3.05, 3.63) is 35.4 Å². The third-order valence-corrected chi connectivity index (χ3v) is 4.95. The Morgan fingerprint density at radius 2 is 1.80 bits per heavy atom. The number of halogens is 3. The van der Waals surface area contributed by atoms with Gasteiger partial charge in [0.05, 0.1) is 31.6 Å². The summed E-state index contributed by atoms with van der Waals surface area (Å²) < 4.78 is 42.7. The van der Waals surface area contributed by atoms with Crippen molar-refractivity contribution in [3.63, 3.8) is 0 Å². The summed E-state index contributed by atoms with van der Waals surface area (Å²) in [7, 11) is 1.10. The largest absolute Gasteiger partial charge is 0.480 e. The maximum atomic E-state index is 12.7. The molecule has 0 radical (unpaired) electrons. The Kier molecular flexibility index (Phi) is 11.3. The highest BCUT2D eigenvalue weighted by molar-refractivity contribution is 6.06. The molecule has 0 aliphatic carbocycles. The molecule has 11 nitrogen and oxygen atoms in total. The molecule has 0 bridgehead atoms. The lowest BCUT2D eigenvalue weighted by Gasteiger charge is -2.22. The van der Waals surface area contributed by atoms with Gasteiger partial charge in [0.1, 0.15) is 6.04 Å². The van der Waals surface area contributed by atoms with E-state index in [0.717, 1.165) is 24.1 Å². The Morgan fingerprint density at radius 3 is 2.29 bits per heavy atom. The number of methoxy groups -OCH3 is 1. The van der Waals surface area contributed by atoms with Crippen LogP contribution in [0.1, 0.15) is 36.8 Å². The summed E-state index contributed by atoms with van der Waals surface area (Å²) in [6.45, 7) is -0.230. The summed E-state index contributed by atoms with van der Waals surface area (Å²) in [6, 6.07) is 1.79. The number of rotatable bonds is 13. The monoisotopic (exact) mass is 503 g/mol. The fourth-order valence-electron chi connectivity index (χ4n) is 2.94. The van der Waals surface area contributed by atoms with Crippen LogP contribution in [0.15, 0.2) is 24.3 Å². The summed E-state index contributed by atoms with van der Waals surface area (Å²) in [5, 5.41) is 19.1. The van der Waals surface area contributed by atoms with Crippen molar-refractivity contribution < 1.29 is 42.2 Å². The van der Waals surface area contributed by atoms with Gasteiger partial charge >= 0.3 is 18.1 Å². The fraction of sp³-hybridized carbons (Fsp3) is 0.476. The molecule has 0 aliphatic heterocycles. The fourth-order valence-corrected chi connectivity index (χ4v) is 2.94. The molecule has 0 fully saturated rings. The van der Waals surface area contributed by atoms with E-state index in [9.17, 15) is 32.3 Å². The molecule has 0 aromatic heterocycles. The zero-order valence-corrected chi connectivity index (χ0v) is 18.9. The maximum Gasteiger partial charge on any atom is 0.416 e. The number of hydrogen-bond donors (Lipinski definition) is 5. The predicted octanol–water partition coefficient (Wildman–Crippen LogP) is 0.600. The second-order valence-electron chi connectivity index (χ2n) is 7.57. The number of carboxylic acid groups (broad SMARTS) is 1. The first-order valence-electron chi connectivity index (χ1n) is 10.4. The lowest BCUT2D eigenvalue weighted by Crippen LogP contribution is -2.46.